The molecule has 2 rings (SSSR count). The van der Waals surface area contributed by atoms with Gasteiger partial charge in [-0.25, -0.2) is 9.59 Å². The molecule has 0 N–H and O–H groups in total. The Labute approximate surface area is 91.8 Å². The molecule has 88 valence electrons. The number of hydrogen-bond donors (Lipinski definition) is 0. The maximum absolute atomic E-state index is 11.3. The van der Waals surface area contributed by atoms with Crippen LogP contribution in [0.4, 0.5) is 0 Å². The third kappa shape index (κ3) is 1.87. The summed E-state index contributed by atoms with van der Waals surface area (Å²) in [6.07, 6.45) is 0.535. The molecule has 2 fully saturated rings. The fourth-order valence-electron chi connectivity index (χ4n) is 2.11. The Morgan fingerprint density at radius 1 is 1.19 bits per heavy atom. The molecule has 0 aromatic carbocycles. The third-order valence-corrected chi connectivity index (χ3v) is 2.95. The monoisotopic (exact) mass is 228 g/mol. The predicted molar refractivity (Wildman–Crippen MR) is 49.1 cm³/mol. The highest BCUT2D eigenvalue weighted by Gasteiger charge is 2.44. The van der Waals surface area contributed by atoms with E-state index in [0.29, 0.717) is 19.3 Å². The minimum atomic E-state index is -0.980. The van der Waals surface area contributed by atoms with Crippen LogP contribution >= 0.6 is 0 Å². The second-order valence-corrected chi connectivity index (χ2v) is 3.92. The molecule has 1 aliphatic heterocycles. The van der Waals surface area contributed by atoms with Crippen molar-refractivity contribution in [2.45, 2.75) is 31.5 Å². The number of ether oxygens (including phenoxy) is 3. The first kappa shape index (κ1) is 10.9. The Morgan fingerprint density at radius 2 is 1.81 bits per heavy atom. The van der Waals surface area contributed by atoms with Crippen molar-refractivity contribution in [2.75, 3.05) is 7.11 Å². The van der Waals surface area contributed by atoms with Crippen LogP contribution in [0, 0.1) is 5.92 Å². The van der Waals surface area contributed by atoms with Gasteiger partial charge in [0.05, 0.1) is 13.0 Å². The smallest absolute Gasteiger partial charge is 0.417 e. The molecule has 16 heavy (non-hydrogen) atoms. The van der Waals surface area contributed by atoms with Crippen molar-refractivity contribution in [3.05, 3.63) is 0 Å². The predicted octanol–water partition coefficient (Wildman–Crippen LogP) is -0.203. The van der Waals surface area contributed by atoms with Gasteiger partial charge in [-0.15, -0.1) is 0 Å². The van der Waals surface area contributed by atoms with Gasteiger partial charge in [0.1, 0.15) is 12.2 Å². The molecule has 0 radical (unpaired) electrons. The Hall–Kier alpha value is -1.59. The normalized spacial score (nSPS) is 33.4. The van der Waals surface area contributed by atoms with Crippen LogP contribution in [-0.4, -0.2) is 37.2 Å². The maximum Gasteiger partial charge on any atom is 0.417 e. The maximum atomic E-state index is 11.3. The Bertz CT molecular complexity index is 336. The molecule has 0 amide bonds. The average molecular weight is 228 g/mol. The highest BCUT2D eigenvalue weighted by Crippen LogP contribution is 2.31. The van der Waals surface area contributed by atoms with Crippen LogP contribution in [0.15, 0.2) is 0 Å². The number of rotatable bonds is 1. The minimum Gasteiger partial charge on any atom is -0.469 e. The first-order valence-electron chi connectivity index (χ1n) is 5.11. The first-order valence-corrected chi connectivity index (χ1v) is 5.11. The molecule has 2 aliphatic rings. The molecule has 0 bridgehead atoms. The van der Waals surface area contributed by atoms with Crippen LogP contribution in [0.2, 0.25) is 0 Å². The lowest BCUT2D eigenvalue weighted by Gasteiger charge is -2.36. The third-order valence-electron chi connectivity index (χ3n) is 2.95. The Kier molecular flexibility index (Phi) is 2.80. The van der Waals surface area contributed by atoms with E-state index >= 15 is 0 Å². The number of fused-ring (bicyclic) bond motifs is 1. The largest absolute Gasteiger partial charge is 0.469 e. The van der Waals surface area contributed by atoms with Gasteiger partial charge in [-0.3, -0.25) is 4.79 Å². The highest BCUT2D eigenvalue weighted by atomic mass is 16.6. The van der Waals surface area contributed by atoms with Crippen molar-refractivity contribution in [3.63, 3.8) is 0 Å². The van der Waals surface area contributed by atoms with Crippen LogP contribution in [0.5, 0.6) is 0 Å². The van der Waals surface area contributed by atoms with E-state index in [4.69, 9.17) is 9.47 Å². The SMILES string of the molecule is COC(=O)C1CCC2OC(=O)C(=O)OC2C1. The number of esters is 3. The average Bonchev–Trinajstić information content (AvgIpc) is 2.29. The molecular formula is C10H12O6. The summed E-state index contributed by atoms with van der Waals surface area (Å²) < 4.78 is 14.4. The fourth-order valence-corrected chi connectivity index (χ4v) is 2.11. The van der Waals surface area contributed by atoms with Crippen LogP contribution in [0.25, 0.3) is 0 Å². The molecule has 1 saturated carbocycles. The molecule has 3 unspecified atom stereocenters. The number of carbonyl (C=O) groups is 3. The van der Waals surface area contributed by atoms with E-state index in [-0.39, 0.29) is 11.9 Å². The lowest BCUT2D eigenvalue weighted by Crippen LogP contribution is -2.48. The van der Waals surface area contributed by atoms with Crippen molar-refractivity contribution < 1.29 is 28.6 Å². The van der Waals surface area contributed by atoms with Crippen LogP contribution in [0.1, 0.15) is 19.3 Å². The molecule has 3 atom stereocenters. The van der Waals surface area contributed by atoms with Gasteiger partial charge in [-0.1, -0.05) is 0 Å². The second kappa shape index (κ2) is 4.11. The number of methoxy groups -OCH3 is 1. The molecule has 1 aliphatic carbocycles. The lowest BCUT2D eigenvalue weighted by atomic mass is 9.85. The van der Waals surface area contributed by atoms with Gasteiger partial charge in [0.15, 0.2) is 0 Å². The zero-order chi connectivity index (χ0) is 11.7. The van der Waals surface area contributed by atoms with Crippen molar-refractivity contribution >= 4 is 17.9 Å². The summed E-state index contributed by atoms with van der Waals surface area (Å²) in [4.78, 5) is 33.2. The Morgan fingerprint density at radius 3 is 2.44 bits per heavy atom. The van der Waals surface area contributed by atoms with Crippen LogP contribution in [0.3, 0.4) is 0 Å². The zero-order valence-electron chi connectivity index (χ0n) is 8.80. The number of hydrogen-bond acceptors (Lipinski definition) is 6. The van der Waals surface area contributed by atoms with Gasteiger partial charge in [-0.05, 0) is 12.8 Å². The van der Waals surface area contributed by atoms with E-state index < -0.39 is 24.1 Å². The first-order chi connectivity index (χ1) is 7.61. The molecule has 1 heterocycles. The van der Waals surface area contributed by atoms with Crippen molar-refractivity contribution in [3.8, 4) is 0 Å². The van der Waals surface area contributed by atoms with Gasteiger partial charge in [0, 0.05) is 6.42 Å². The van der Waals surface area contributed by atoms with Gasteiger partial charge in [-0.2, -0.15) is 0 Å². The molecule has 1 saturated heterocycles. The molecule has 0 aromatic rings. The summed E-state index contributed by atoms with van der Waals surface area (Å²) in [5, 5.41) is 0. The zero-order valence-corrected chi connectivity index (χ0v) is 8.80. The second-order valence-electron chi connectivity index (χ2n) is 3.92. The van der Waals surface area contributed by atoms with E-state index in [9.17, 15) is 14.4 Å². The standard InChI is InChI=1S/C10H12O6/c1-14-8(11)5-2-3-6-7(4-5)16-10(13)9(12)15-6/h5-7H,2-4H2,1H3. The lowest BCUT2D eigenvalue weighted by molar-refractivity contribution is -0.201. The summed E-state index contributed by atoms with van der Waals surface area (Å²) in [7, 11) is 1.32. The molecule has 0 aromatic heterocycles. The molecule has 6 heteroatoms. The number of carbonyl (C=O) groups excluding carboxylic acids is 3. The summed E-state index contributed by atoms with van der Waals surface area (Å²) in [5.74, 6) is -2.52. The Balaban J connectivity index is 2.02. The quantitative estimate of drug-likeness (QED) is 0.351. The van der Waals surface area contributed by atoms with Crippen LogP contribution < -0.4 is 0 Å². The summed E-state index contributed by atoms with van der Waals surface area (Å²) in [6.45, 7) is 0. The molecule has 6 nitrogen and oxygen atoms in total. The topological polar surface area (TPSA) is 78.9 Å². The summed E-state index contributed by atoms with van der Waals surface area (Å²) >= 11 is 0. The summed E-state index contributed by atoms with van der Waals surface area (Å²) in [5.41, 5.74) is 0. The van der Waals surface area contributed by atoms with E-state index in [1.54, 1.807) is 0 Å². The van der Waals surface area contributed by atoms with Gasteiger partial charge < -0.3 is 14.2 Å². The van der Waals surface area contributed by atoms with Gasteiger partial charge >= 0.3 is 17.9 Å². The van der Waals surface area contributed by atoms with Crippen LogP contribution in [-0.2, 0) is 28.6 Å². The fraction of sp³-hybridized carbons (Fsp3) is 0.700. The molecular weight excluding hydrogens is 216 g/mol. The molecule has 0 spiro atoms. The minimum absolute atomic E-state index is 0.282. The van der Waals surface area contributed by atoms with E-state index in [0.717, 1.165) is 0 Å². The van der Waals surface area contributed by atoms with Crippen molar-refractivity contribution in [1.82, 2.24) is 0 Å². The highest BCUT2D eigenvalue weighted by molar-refractivity contribution is 6.30. The van der Waals surface area contributed by atoms with Gasteiger partial charge in [0.25, 0.3) is 0 Å². The summed E-state index contributed by atoms with van der Waals surface area (Å²) in [6, 6.07) is 0. The van der Waals surface area contributed by atoms with E-state index in [1.165, 1.54) is 7.11 Å². The van der Waals surface area contributed by atoms with Gasteiger partial charge in [0.2, 0.25) is 0 Å². The van der Waals surface area contributed by atoms with E-state index in [1.807, 2.05) is 0 Å². The van der Waals surface area contributed by atoms with Crippen molar-refractivity contribution in [2.24, 2.45) is 5.92 Å². The van der Waals surface area contributed by atoms with E-state index in [2.05, 4.69) is 4.74 Å². The van der Waals surface area contributed by atoms with Crippen molar-refractivity contribution in [1.29, 1.82) is 0 Å².